The first kappa shape index (κ1) is 18.5. The van der Waals surface area contributed by atoms with Crippen molar-refractivity contribution in [1.29, 1.82) is 0 Å². The average molecular weight is 392 g/mol. The maximum atomic E-state index is 12.7. The van der Waals surface area contributed by atoms with Gasteiger partial charge in [0.2, 0.25) is 0 Å². The molecule has 1 unspecified atom stereocenters. The van der Waals surface area contributed by atoms with Crippen molar-refractivity contribution in [1.82, 2.24) is 9.80 Å². The smallest absolute Gasteiger partial charge is 0.410 e. The van der Waals surface area contributed by atoms with Gasteiger partial charge in [0.15, 0.2) is 0 Å². The van der Waals surface area contributed by atoms with Crippen LogP contribution in [-0.4, -0.2) is 67.8 Å². The normalized spacial score (nSPS) is 26.4. The number of benzene rings is 2. The lowest BCUT2D eigenvalue weighted by molar-refractivity contribution is -0.0439. The number of fused-ring (bicyclic) bond motifs is 3. The maximum absolute atomic E-state index is 12.7. The molecule has 2 bridgehead atoms. The van der Waals surface area contributed by atoms with E-state index in [0.29, 0.717) is 5.92 Å². The SMILES string of the molecule is O=C(OC1CN2CCC1CC2)N1CCN(c2cccc(-c3ccccc3)c2)CC1. The highest BCUT2D eigenvalue weighted by atomic mass is 16.6. The van der Waals surface area contributed by atoms with Crippen LogP contribution >= 0.6 is 0 Å². The summed E-state index contributed by atoms with van der Waals surface area (Å²) in [5.41, 5.74) is 3.68. The number of carbonyl (C=O) groups is 1. The number of piperidine rings is 3. The average Bonchev–Trinajstić information content (AvgIpc) is 2.81. The largest absolute Gasteiger partial charge is 0.444 e. The van der Waals surface area contributed by atoms with Gasteiger partial charge < -0.3 is 14.5 Å². The monoisotopic (exact) mass is 391 g/mol. The van der Waals surface area contributed by atoms with Crippen molar-refractivity contribution in [3.05, 3.63) is 54.6 Å². The van der Waals surface area contributed by atoms with E-state index in [1.165, 1.54) is 42.7 Å². The van der Waals surface area contributed by atoms with Gasteiger partial charge in [-0.3, -0.25) is 4.90 Å². The predicted molar refractivity (Wildman–Crippen MR) is 115 cm³/mol. The molecule has 4 aliphatic rings. The molecule has 0 aromatic heterocycles. The van der Waals surface area contributed by atoms with Crippen molar-refractivity contribution in [3.8, 4) is 11.1 Å². The molecule has 4 heterocycles. The fourth-order valence-corrected chi connectivity index (χ4v) is 4.91. The molecule has 4 aliphatic heterocycles. The Kier molecular flexibility index (Phi) is 5.15. The molecule has 0 N–H and O–H groups in total. The zero-order valence-corrected chi connectivity index (χ0v) is 16.9. The highest BCUT2D eigenvalue weighted by Gasteiger charge is 2.37. The summed E-state index contributed by atoms with van der Waals surface area (Å²) in [6, 6.07) is 19.1. The number of carbonyl (C=O) groups excluding carboxylic acids is 1. The van der Waals surface area contributed by atoms with Crippen molar-refractivity contribution in [2.75, 3.05) is 50.7 Å². The maximum Gasteiger partial charge on any atom is 0.410 e. The van der Waals surface area contributed by atoms with Crippen LogP contribution in [0.1, 0.15) is 12.8 Å². The van der Waals surface area contributed by atoms with Crippen LogP contribution in [0.3, 0.4) is 0 Å². The molecule has 5 nitrogen and oxygen atoms in total. The molecule has 2 aromatic rings. The molecule has 29 heavy (non-hydrogen) atoms. The number of ether oxygens (including phenoxy) is 1. The molecular weight excluding hydrogens is 362 g/mol. The lowest BCUT2D eigenvalue weighted by Crippen LogP contribution is -2.54. The summed E-state index contributed by atoms with van der Waals surface area (Å²) in [6.45, 7) is 6.37. The predicted octanol–water partition coefficient (Wildman–Crippen LogP) is 3.71. The Hall–Kier alpha value is -2.53. The molecule has 152 valence electrons. The zero-order chi connectivity index (χ0) is 19.6. The van der Waals surface area contributed by atoms with E-state index in [1.807, 2.05) is 11.0 Å². The molecule has 4 saturated heterocycles. The third-order valence-electron chi connectivity index (χ3n) is 6.70. The second-order valence-electron chi connectivity index (χ2n) is 8.45. The molecule has 1 amide bonds. The van der Waals surface area contributed by atoms with Gasteiger partial charge in [-0.05, 0) is 55.1 Å². The molecule has 4 fully saturated rings. The molecule has 0 aliphatic carbocycles. The Morgan fingerprint density at radius 3 is 2.24 bits per heavy atom. The highest BCUT2D eigenvalue weighted by molar-refractivity contribution is 5.70. The van der Waals surface area contributed by atoms with Crippen molar-refractivity contribution in [3.63, 3.8) is 0 Å². The van der Waals surface area contributed by atoms with Crippen molar-refractivity contribution in [2.24, 2.45) is 5.92 Å². The van der Waals surface area contributed by atoms with E-state index in [4.69, 9.17) is 4.74 Å². The quantitative estimate of drug-likeness (QED) is 0.799. The van der Waals surface area contributed by atoms with Crippen LogP contribution in [0.4, 0.5) is 10.5 Å². The van der Waals surface area contributed by atoms with Gasteiger partial charge in [0.05, 0.1) is 0 Å². The van der Waals surface area contributed by atoms with Crippen LogP contribution in [-0.2, 0) is 4.74 Å². The Balaban J connectivity index is 1.18. The number of rotatable bonds is 3. The number of hydrogen-bond acceptors (Lipinski definition) is 4. The number of hydrogen-bond donors (Lipinski definition) is 0. The third-order valence-corrected chi connectivity index (χ3v) is 6.70. The minimum atomic E-state index is -0.124. The van der Waals surface area contributed by atoms with Gasteiger partial charge in [-0.2, -0.15) is 0 Å². The van der Waals surface area contributed by atoms with Crippen molar-refractivity contribution in [2.45, 2.75) is 18.9 Å². The van der Waals surface area contributed by atoms with Crippen LogP contribution in [0.5, 0.6) is 0 Å². The minimum absolute atomic E-state index is 0.0885. The Labute approximate surface area is 172 Å². The van der Waals surface area contributed by atoms with Gasteiger partial charge in [-0.15, -0.1) is 0 Å². The van der Waals surface area contributed by atoms with Gasteiger partial charge in [0, 0.05) is 38.4 Å². The summed E-state index contributed by atoms with van der Waals surface area (Å²) in [4.78, 5) is 19.4. The molecule has 0 spiro atoms. The van der Waals surface area contributed by atoms with Crippen LogP contribution in [0.2, 0.25) is 0 Å². The van der Waals surface area contributed by atoms with E-state index < -0.39 is 0 Å². The van der Waals surface area contributed by atoms with E-state index in [1.54, 1.807) is 0 Å². The molecule has 1 atom stereocenters. The van der Waals surface area contributed by atoms with E-state index in [-0.39, 0.29) is 12.2 Å². The van der Waals surface area contributed by atoms with Crippen LogP contribution < -0.4 is 4.90 Å². The summed E-state index contributed by atoms with van der Waals surface area (Å²) in [5, 5.41) is 0. The third kappa shape index (κ3) is 3.97. The Bertz CT molecular complexity index is 840. The summed E-state index contributed by atoms with van der Waals surface area (Å²) >= 11 is 0. The van der Waals surface area contributed by atoms with Crippen molar-refractivity contribution < 1.29 is 9.53 Å². The van der Waals surface area contributed by atoms with Gasteiger partial charge in [-0.1, -0.05) is 42.5 Å². The highest BCUT2D eigenvalue weighted by Crippen LogP contribution is 2.30. The van der Waals surface area contributed by atoms with E-state index >= 15 is 0 Å². The van der Waals surface area contributed by atoms with Gasteiger partial charge >= 0.3 is 6.09 Å². The molecule has 0 radical (unpaired) electrons. The van der Waals surface area contributed by atoms with Gasteiger partial charge in [0.25, 0.3) is 0 Å². The Morgan fingerprint density at radius 1 is 0.828 bits per heavy atom. The summed E-state index contributed by atoms with van der Waals surface area (Å²) in [5.74, 6) is 0.561. The lowest BCUT2D eigenvalue weighted by atomic mass is 9.86. The standard InChI is InChI=1S/C24H29N3O2/c28-24(29-23-18-25-11-9-20(23)10-12-25)27-15-13-26(14-16-27)22-8-4-7-21(17-22)19-5-2-1-3-6-19/h1-8,17,20,23H,9-16,18H2. The molecule has 6 rings (SSSR count). The number of anilines is 1. The first-order valence-electron chi connectivity index (χ1n) is 10.8. The fraction of sp³-hybridized carbons (Fsp3) is 0.458. The first-order chi connectivity index (χ1) is 14.3. The topological polar surface area (TPSA) is 36.0 Å². The number of amides is 1. The molecule has 5 heteroatoms. The molecule has 2 aromatic carbocycles. The second-order valence-corrected chi connectivity index (χ2v) is 8.45. The summed E-state index contributed by atoms with van der Waals surface area (Å²) in [7, 11) is 0. The van der Waals surface area contributed by atoms with E-state index in [2.05, 4.69) is 58.3 Å². The first-order valence-corrected chi connectivity index (χ1v) is 10.8. The van der Waals surface area contributed by atoms with Crippen LogP contribution in [0, 0.1) is 5.92 Å². The van der Waals surface area contributed by atoms with Crippen molar-refractivity contribution >= 4 is 11.8 Å². The van der Waals surface area contributed by atoms with Crippen LogP contribution in [0.15, 0.2) is 54.6 Å². The van der Waals surface area contributed by atoms with Crippen LogP contribution in [0.25, 0.3) is 11.1 Å². The second kappa shape index (κ2) is 8.07. The van der Waals surface area contributed by atoms with E-state index in [0.717, 1.165) is 32.7 Å². The van der Waals surface area contributed by atoms with Gasteiger partial charge in [-0.25, -0.2) is 4.79 Å². The number of nitrogens with zero attached hydrogens (tertiary/aromatic N) is 3. The van der Waals surface area contributed by atoms with Gasteiger partial charge in [0.1, 0.15) is 6.10 Å². The summed E-state index contributed by atoms with van der Waals surface area (Å²) < 4.78 is 5.91. The summed E-state index contributed by atoms with van der Waals surface area (Å²) in [6.07, 6.45) is 2.31. The Morgan fingerprint density at radius 2 is 1.55 bits per heavy atom. The molecular formula is C24H29N3O2. The molecule has 0 saturated carbocycles. The lowest BCUT2D eigenvalue weighted by Gasteiger charge is -2.44. The number of piperazine rings is 1. The van der Waals surface area contributed by atoms with E-state index in [9.17, 15) is 4.79 Å². The zero-order valence-electron chi connectivity index (χ0n) is 16.9. The minimum Gasteiger partial charge on any atom is -0.444 e. The fourth-order valence-electron chi connectivity index (χ4n) is 4.91.